The minimum Gasteiger partial charge on any atom is -0.411 e. The average Bonchev–Trinajstić information content (AvgIpc) is 1.87. The van der Waals surface area contributed by atoms with Crippen LogP contribution in [0.5, 0.6) is 0 Å². The van der Waals surface area contributed by atoms with Gasteiger partial charge in [0.05, 0.1) is 5.71 Å². The molecule has 0 aromatic rings. The molecule has 0 amide bonds. The van der Waals surface area contributed by atoms with Gasteiger partial charge in [0.15, 0.2) is 0 Å². The van der Waals surface area contributed by atoms with Crippen LogP contribution in [0.3, 0.4) is 0 Å². The first-order chi connectivity index (χ1) is 4.57. The molecule has 1 unspecified atom stereocenters. The van der Waals surface area contributed by atoms with Crippen molar-refractivity contribution in [1.82, 2.24) is 4.90 Å². The van der Waals surface area contributed by atoms with Crippen molar-refractivity contribution in [3.8, 4) is 0 Å². The van der Waals surface area contributed by atoms with Crippen LogP contribution in [0.15, 0.2) is 5.16 Å². The standard InChI is InChI=1S/C7H16N2O/c1-6(8-10)5-7(2)9(3)4/h7,10H,5H2,1-4H3/b8-6-. The molecule has 0 aliphatic carbocycles. The number of hydrogen-bond acceptors (Lipinski definition) is 3. The van der Waals surface area contributed by atoms with E-state index in [0.717, 1.165) is 12.1 Å². The van der Waals surface area contributed by atoms with E-state index in [1.54, 1.807) is 0 Å². The first-order valence-electron chi connectivity index (χ1n) is 3.42. The molecule has 0 aromatic heterocycles. The summed E-state index contributed by atoms with van der Waals surface area (Å²) in [6.07, 6.45) is 0.823. The third kappa shape index (κ3) is 3.45. The molecule has 0 saturated carbocycles. The Kier molecular flexibility index (Phi) is 4.03. The largest absolute Gasteiger partial charge is 0.411 e. The van der Waals surface area contributed by atoms with Crippen LogP contribution in [0.25, 0.3) is 0 Å². The molecule has 0 bridgehead atoms. The lowest BCUT2D eigenvalue weighted by Gasteiger charge is -2.18. The Morgan fingerprint density at radius 2 is 2.10 bits per heavy atom. The summed E-state index contributed by atoms with van der Waals surface area (Å²) < 4.78 is 0. The quantitative estimate of drug-likeness (QED) is 0.367. The van der Waals surface area contributed by atoms with Gasteiger partial charge in [-0.2, -0.15) is 0 Å². The Hall–Kier alpha value is -0.570. The topological polar surface area (TPSA) is 35.8 Å². The summed E-state index contributed by atoms with van der Waals surface area (Å²) in [5, 5.41) is 11.4. The SMILES string of the molecule is C/C(CC(C)N(C)C)=N/O. The number of hydrogen-bond donors (Lipinski definition) is 1. The average molecular weight is 144 g/mol. The molecule has 0 heterocycles. The highest BCUT2D eigenvalue weighted by molar-refractivity contribution is 5.81. The molecule has 0 radical (unpaired) electrons. The lowest BCUT2D eigenvalue weighted by molar-refractivity contribution is 0.301. The van der Waals surface area contributed by atoms with Gasteiger partial charge >= 0.3 is 0 Å². The van der Waals surface area contributed by atoms with E-state index >= 15 is 0 Å². The second-order valence-electron chi connectivity index (χ2n) is 2.85. The normalized spacial score (nSPS) is 15.9. The molecule has 60 valence electrons. The van der Waals surface area contributed by atoms with Crippen LogP contribution in [0, 0.1) is 0 Å². The smallest absolute Gasteiger partial charge is 0.0555 e. The van der Waals surface area contributed by atoms with Crippen LogP contribution in [0.1, 0.15) is 20.3 Å². The summed E-state index contributed by atoms with van der Waals surface area (Å²) >= 11 is 0. The highest BCUT2D eigenvalue weighted by Crippen LogP contribution is 1.98. The van der Waals surface area contributed by atoms with Crippen LogP contribution in [-0.4, -0.2) is 36.0 Å². The van der Waals surface area contributed by atoms with Crippen molar-refractivity contribution >= 4 is 5.71 Å². The summed E-state index contributed by atoms with van der Waals surface area (Å²) in [6, 6.07) is 0.441. The summed E-state index contributed by atoms with van der Waals surface area (Å²) in [5.74, 6) is 0. The number of nitrogens with zero attached hydrogens (tertiary/aromatic N) is 2. The maximum atomic E-state index is 8.33. The van der Waals surface area contributed by atoms with E-state index in [2.05, 4.69) is 17.0 Å². The third-order valence-electron chi connectivity index (χ3n) is 1.64. The van der Waals surface area contributed by atoms with Gasteiger partial charge < -0.3 is 10.1 Å². The first kappa shape index (κ1) is 9.43. The predicted octanol–water partition coefficient (Wildman–Crippen LogP) is 1.18. The molecular formula is C7H16N2O. The zero-order valence-corrected chi connectivity index (χ0v) is 7.13. The van der Waals surface area contributed by atoms with Gasteiger partial charge in [0.25, 0.3) is 0 Å². The second-order valence-corrected chi connectivity index (χ2v) is 2.85. The van der Waals surface area contributed by atoms with E-state index in [-0.39, 0.29) is 0 Å². The molecule has 0 aliphatic heterocycles. The van der Waals surface area contributed by atoms with Gasteiger partial charge in [-0.15, -0.1) is 0 Å². The van der Waals surface area contributed by atoms with Crippen molar-refractivity contribution in [3.63, 3.8) is 0 Å². The minimum absolute atomic E-state index is 0.441. The van der Waals surface area contributed by atoms with E-state index in [4.69, 9.17) is 5.21 Å². The zero-order valence-electron chi connectivity index (χ0n) is 7.13. The predicted molar refractivity (Wildman–Crippen MR) is 42.7 cm³/mol. The molecule has 3 heteroatoms. The van der Waals surface area contributed by atoms with Crippen molar-refractivity contribution in [1.29, 1.82) is 0 Å². The molecule has 0 saturated heterocycles. The van der Waals surface area contributed by atoms with Gasteiger partial charge in [-0.05, 0) is 27.9 Å². The Bertz CT molecular complexity index is 121. The summed E-state index contributed by atoms with van der Waals surface area (Å²) in [7, 11) is 4.02. The maximum absolute atomic E-state index is 8.33. The van der Waals surface area contributed by atoms with Gasteiger partial charge in [0, 0.05) is 12.5 Å². The van der Waals surface area contributed by atoms with E-state index in [1.807, 2.05) is 21.0 Å². The van der Waals surface area contributed by atoms with Crippen molar-refractivity contribution in [3.05, 3.63) is 0 Å². The first-order valence-corrected chi connectivity index (χ1v) is 3.42. The lowest BCUT2D eigenvalue weighted by Crippen LogP contribution is -2.26. The van der Waals surface area contributed by atoms with Crippen molar-refractivity contribution in [2.75, 3.05) is 14.1 Å². The molecular weight excluding hydrogens is 128 g/mol. The molecule has 0 rings (SSSR count). The van der Waals surface area contributed by atoms with Crippen LogP contribution < -0.4 is 0 Å². The minimum atomic E-state index is 0.441. The molecule has 0 fully saturated rings. The van der Waals surface area contributed by atoms with Crippen molar-refractivity contribution < 1.29 is 5.21 Å². The summed E-state index contributed by atoms with van der Waals surface area (Å²) in [4.78, 5) is 2.09. The molecule has 3 nitrogen and oxygen atoms in total. The summed E-state index contributed by atoms with van der Waals surface area (Å²) in [6.45, 7) is 3.91. The van der Waals surface area contributed by atoms with Gasteiger partial charge in [-0.1, -0.05) is 5.16 Å². The van der Waals surface area contributed by atoms with Crippen LogP contribution in [0.4, 0.5) is 0 Å². The fourth-order valence-corrected chi connectivity index (χ4v) is 0.651. The van der Waals surface area contributed by atoms with Gasteiger partial charge in [-0.25, -0.2) is 0 Å². The molecule has 0 spiro atoms. The van der Waals surface area contributed by atoms with Crippen LogP contribution >= 0.6 is 0 Å². The van der Waals surface area contributed by atoms with Gasteiger partial charge in [0.1, 0.15) is 0 Å². The van der Waals surface area contributed by atoms with E-state index in [1.165, 1.54) is 0 Å². The third-order valence-corrected chi connectivity index (χ3v) is 1.64. The molecule has 0 aromatic carbocycles. The molecule has 0 aliphatic rings. The van der Waals surface area contributed by atoms with Crippen LogP contribution in [0.2, 0.25) is 0 Å². The van der Waals surface area contributed by atoms with Gasteiger partial charge in [0.2, 0.25) is 0 Å². The molecule has 10 heavy (non-hydrogen) atoms. The van der Waals surface area contributed by atoms with E-state index in [9.17, 15) is 0 Å². The van der Waals surface area contributed by atoms with Crippen LogP contribution in [-0.2, 0) is 0 Å². The second kappa shape index (κ2) is 4.28. The Morgan fingerprint density at radius 1 is 1.60 bits per heavy atom. The number of rotatable bonds is 3. The van der Waals surface area contributed by atoms with Gasteiger partial charge in [-0.3, -0.25) is 0 Å². The monoisotopic (exact) mass is 144 g/mol. The molecule has 1 N–H and O–H groups in total. The fourth-order valence-electron chi connectivity index (χ4n) is 0.651. The maximum Gasteiger partial charge on any atom is 0.0555 e. The highest BCUT2D eigenvalue weighted by Gasteiger charge is 2.05. The molecule has 1 atom stereocenters. The Balaban J connectivity index is 3.68. The Labute approximate surface area is 62.3 Å². The number of oxime groups is 1. The van der Waals surface area contributed by atoms with Crippen molar-refractivity contribution in [2.24, 2.45) is 5.16 Å². The lowest BCUT2D eigenvalue weighted by atomic mass is 10.1. The Morgan fingerprint density at radius 3 is 2.40 bits per heavy atom. The van der Waals surface area contributed by atoms with E-state index < -0.39 is 0 Å². The zero-order chi connectivity index (χ0) is 8.15. The fraction of sp³-hybridized carbons (Fsp3) is 0.857. The van der Waals surface area contributed by atoms with Crippen molar-refractivity contribution in [2.45, 2.75) is 26.3 Å². The van der Waals surface area contributed by atoms with E-state index in [0.29, 0.717) is 6.04 Å². The highest BCUT2D eigenvalue weighted by atomic mass is 16.4. The summed E-state index contributed by atoms with van der Waals surface area (Å²) in [5.41, 5.74) is 0.779.